The lowest BCUT2D eigenvalue weighted by Crippen LogP contribution is -2.51. The van der Waals surface area contributed by atoms with Gasteiger partial charge in [0.2, 0.25) is 17.7 Å². The van der Waals surface area contributed by atoms with E-state index in [1.54, 1.807) is 5.57 Å². The molecule has 62 heavy (non-hydrogen) atoms. The molecule has 0 spiro atoms. The maximum atomic E-state index is 12.4. The summed E-state index contributed by atoms with van der Waals surface area (Å²) in [5, 5.41) is 39.5. The molecule has 14 nitrogen and oxygen atoms in total. The maximum Gasteiger partial charge on any atom is 0.320 e. The van der Waals surface area contributed by atoms with Crippen molar-refractivity contribution in [2.75, 3.05) is 39.3 Å². The van der Waals surface area contributed by atoms with E-state index in [0.29, 0.717) is 36.1 Å². The quantitative estimate of drug-likeness (QED) is 0.0339. The van der Waals surface area contributed by atoms with Gasteiger partial charge in [-0.25, -0.2) is 0 Å². The Morgan fingerprint density at radius 2 is 1.32 bits per heavy atom. The molecule has 9 atom stereocenters. The van der Waals surface area contributed by atoms with Crippen LogP contribution >= 0.6 is 0 Å². The van der Waals surface area contributed by atoms with Gasteiger partial charge in [-0.1, -0.05) is 65.5 Å². The van der Waals surface area contributed by atoms with Crippen molar-refractivity contribution in [2.45, 2.75) is 169 Å². The van der Waals surface area contributed by atoms with Crippen LogP contribution in [0.4, 0.5) is 0 Å². The van der Waals surface area contributed by atoms with E-state index in [1.165, 1.54) is 64.2 Å². The van der Waals surface area contributed by atoms with Gasteiger partial charge in [-0.2, -0.15) is 0 Å². The first kappa shape index (κ1) is 51.1. The van der Waals surface area contributed by atoms with Crippen LogP contribution in [0.25, 0.3) is 0 Å². The van der Waals surface area contributed by atoms with Crippen LogP contribution < -0.4 is 21.3 Å². The summed E-state index contributed by atoms with van der Waals surface area (Å²) in [4.78, 5) is 71.5. The number of allylic oxidation sites excluding steroid dienone is 1. The number of carboxylic acid groups (broad SMARTS) is 3. The lowest BCUT2D eigenvalue weighted by Gasteiger charge is -2.58. The molecule has 3 fully saturated rings. The van der Waals surface area contributed by atoms with E-state index in [1.807, 2.05) is 0 Å². The Balaban J connectivity index is 1.03. The highest BCUT2D eigenvalue weighted by molar-refractivity contribution is 5.80. The molecule has 0 aromatic heterocycles. The third-order valence-corrected chi connectivity index (χ3v) is 15.5. The molecule has 4 aliphatic rings. The maximum absolute atomic E-state index is 12.4. The molecule has 1 unspecified atom stereocenters. The second-order valence-electron chi connectivity index (χ2n) is 20.2. The van der Waals surface area contributed by atoms with Crippen molar-refractivity contribution in [1.82, 2.24) is 26.2 Å². The lowest BCUT2D eigenvalue weighted by molar-refractivity contribution is -0.149. The third kappa shape index (κ3) is 14.8. The van der Waals surface area contributed by atoms with Crippen molar-refractivity contribution in [1.29, 1.82) is 0 Å². The van der Waals surface area contributed by atoms with Crippen molar-refractivity contribution < 1.29 is 44.1 Å². The summed E-state index contributed by atoms with van der Waals surface area (Å²) in [5.74, 6) is 0.496. The Morgan fingerprint density at radius 3 is 1.95 bits per heavy atom. The van der Waals surface area contributed by atoms with Crippen LogP contribution in [0.3, 0.4) is 0 Å². The number of amides is 3. The fourth-order valence-corrected chi connectivity index (χ4v) is 12.2. The van der Waals surface area contributed by atoms with Gasteiger partial charge in [-0.3, -0.25) is 33.7 Å². The van der Waals surface area contributed by atoms with Gasteiger partial charge in [0.25, 0.3) is 0 Å². The summed E-state index contributed by atoms with van der Waals surface area (Å²) in [6.45, 7) is 12.6. The number of nitrogens with zero attached hydrogens (tertiary/aromatic N) is 1. The zero-order chi connectivity index (χ0) is 45.5. The molecule has 3 saturated carbocycles. The topological polar surface area (TPSA) is 214 Å². The molecule has 352 valence electrons. The zero-order valence-electron chi connectivity index (χ0n) is 38.6. The average Bonchev–Trinajstić information content (AvgIpc) is 3.55. The van der Waals surface area contributed by atoms with Crippen LogP contribution in [0.15, 0.2) is 11.6 Å². The van der Waals surface area contributed by atoms with Crippen LogP contribution in [0.5, 0.6) is 0 Å². The van der Waals surface area contributed by atoms with Crippen molar-refractivity contribution in [3.63, 3.8) is 0 Å². The van der Waals surface area contributed by atoms with Gasteiger partial charge in [-0.15, -0.1) is 0 Å². The Hall–Kier alpha value is -3.52. The number of carbonyl (C=O) groups is 6. The van der Waals surface area contributed by atoms with Crippen LogP contribution in [-0.2, 0) is 28.8 Å². The second-order valence-corrected chi connectivity index (χ2v) is 20.2. The predicted octanol–water partition coefficient (Wildman–Crippen LogP) is 6.38. The first-order valence-corrected chi connectivity index (χ1v) is 24.1. The lowest BCUT2D eigenvalue weighted by atomic mass is 9.47. The SMILES string of the molecule is CC(C)CCC[C@@H](C)[C@H]1CC[C@H]2[C@@H]3CC=C4C[C@@H](NCCCCC(=O)NCCC(=O)NCCC(=O)NCCCCC(C(=O)O)N(CC(=O)O)CC(=O)O)CC[C@]4(C)[C@H]3CC[C@]12C. The molecule has 0 aromatic rings. The number of rotatable bonds is 28. The van der Waals surface area contributed by atoms with Crippen molar-refractivity contribution in [3.05, 3.63) is 11.6 Å². The molecule has 7 N–H and O–H groups in total. The molecule has 4 aliphatic carbocycles. The molecule has 4 rings (SSSR count). The van der Waals surface area contributed by atoms with E-state index in [4.69, 9.17) is 10.2 Å². The Kier molecular flexibility index (Phi) is 20.2. The summed E-state index contributed by atoms with van der Waals surface area (Å²) in [6, 6.07) is -0.776. The average molecular weight is 872 g/mol. The van der Waals surface area contributed by atoms with Crippen molar-refractivity contribution in [3.8, 4) is 0 Å². The number of nitrogens with one attached hydrogen (secondary N) is 4. The van der Waals surface area contributed by atoms with Gasteiger partial charge >= 0.3 is 17.9 Å². The normalized spacial score (nSPS) is 27.6. The first-order chi connectivity index (χ1) is 29.4. The van der Waals surface area contributed by atoms with Gasteiger partial charge in [0.05, 0.1) is 13.1 Å². The molecular formula is C48H81N5O9. The minimum atomic E-state index is -1.33. The highest BCUT2D eigenvalue weighted by atomic mass is 16.4. The number of hydrogen-bond donors (Lipinski definition) is 7. The van der Waals surface area contributed by atoms with E-state index in [-0.39, 0.29) is 56.6 Å². The number of carbonyl (C=O) groups excluding carboxylic acids is 3. The summed E-state index contributed by atoms with van der Waals surface area (Å²) >= 11 is 0. The molecule has 14 heteroatoms. The minimum Gasteiger partial charge on any atom is -0.480 e. The van der Waals surface area contributed by atoms with E-state index < -0.39 is 37.0 Å². The molecule has 0 saturated heterocycles. The largest absolute Gasteiger partial charge is 0.480 e. The predicted molar refractivity (Wildman–Crippen MR) is 239 cm³/mol. The van der Waals surface area contributed by atoms with Crippen molar-refractivity contribution >= 4 is 35.6 Å². The Labute approximate surface area is 370 Å². The number of unbranched alkanes of at least 4 members (excludes halogenated alkanes) is 2. The first-order valence-electron chi connectivity index (χ1n) is 24.1. The van der Waals surface area contributed by atoms with Crippen LogP contribution in [-0.4, -0.2) is 107 Å². The second kappa shape index (κ2) is 24.5. The fraction of sp³-hybridized carbons (Fsp3) is 0.833. The Bertz CT molecular complexity index is 1540. The number of fused-ring (bicyclic) bond motifs is 5. The third-order valence-electron chi connectivity index (χ3n) is 15.5. The summed E-state index contributed by atoms with van der Waals surface area (Å²) in [7, 11) is 0. The van der Waals surface area contributed by atoms with Crippen molar-refractivity contribution in [2.24, 2.45) is 46.3 Å². The number of carboxylic acids is 3. The molecular weight excluding hydrogens is 791 g/mol. The van der Waals surface area contributed by atoms with Gasteiger partial charge in [-0.05, 0) is 136 Å². The molecule has 0 radical (unpaired) electrons. The van der Waals surface area contributed by atoms with Crippen LogP contribution in [0.2, 0.25) is 0 Å². The van der Waals surface area contributed by atoms with E-state index in [0.717, 1.165) is 66.2 Å². The molecule has 0 heterocycles. The van der Waals surface area contributed by atoms with E-state index >= 15 is 0 Å². The number of aliphatic carboxylic acids is 3. The molecule has 3 amide bonds. The fourth-order valence-electron chi connectivity index (χ4n) is 12.2. The van der Waals surface area contributed by atoms with E-state index in [9.17, 15) is 33.9 Å². The summed E-state index contributed by atoms with van der Waals surface area (Å²) in [5.41, 5.74) is 2.57. The van der Waals surface area contributed by atoms with Gasteiger partial charge in [0, 0.05) is 44.9 Å². The van der Waals surface area contributed by atoms with Gasteiger partial charge in [0.15, 0.2) is 0 Å². The van der Waals surface area contributed by atoms with Crippen LogP contribution in [0, 0.1) is 46.3 Å². The highest BCUT2D eigenvalue weighted by Gasteiger charge is 2.59. The minimum absolute atomic E-state index is 0.0218. The molecule has 0 aromatic carbocycles. The van der Waals surface area contributed by atoms with Gasteiger partial charge < -0.3 is 36.6 Å². The zero-order valence-corrected chi connectivity index (χ0v) is 38.6. The summed E-state index contributed by atoms with van der Waals surface area (Å²) < 4.78 is 0. The van der Waals surface area contributed by atoms with Gasteiger partial charge in [0.1, 0.15) is 6.04 Å². The van der Waals surface area contributed by atoms with Crippen LogP contribution in [0.1, 0.15) is 157 Å². The summed E-state index contributed by atoms with van der Waals surface area (Å²) in [6.07, 6.45) is 20.4. The number of hydrogen-bond acceptors (Lipinski definition) is 8. The monoisotopic (exact) mass is 872 g/mol. The smallest absolute Gasteiger partial charge is 0.320 e. The Morgan fingerprint density at radius 1 is 0.694 bits per heavy atom. The standard InChI is InChI=1S/C48H81N5O9/c1-32(2)11-10-12-33(3)37-17-18-38-36-16-15-34-29-35(19-23-47(34,4)39(36)20-24-48(37,38)5)49-25-9-7-14-41(54)51-27-22-43(56)52-28-21-42(55)50-26-8-6-13-40(46(61)62)53(30-44(57)58)31-45(59)60/h15,32-33,35-40,49H,6-14,16-31H2,1-5H3,(H,50,55)(H,51,54)(H,52,56)(H,57,58)(H,59,60)(H,61,62)/t33-,35+,36+,37-,38+,39+,40?,47+,48-/m1/s1. The van der Waals surface area contributed by atoms with E-state index in [2.05, 4.69) is 62.0 Å². The highest BCUT2D eigenvalue weighted by Crippen LogP contribution is 2.67. The molecule has 0 bridgehead atoms. The molecule has 0 aliphatic heterocycles.